The average molecular weight is 473 g/mol. The lowest BCUT2D eigenvalue weighted by Gasteiger charge is -2.08. The van der Waals surface area contributed by atoms with Crippen LogP contribution in [0.1, 0.15) is 16.1 Å². The molecule has 0 spiro atoms. The maximum atomic E-state index is 13.4. The number of carbonyl (C=O) groups excluding carboxylic acids is 1. The highest BCUT2D eigenvalue weighted by Gasteiger charge is 2.19. The van der Waals surface area contributed by atoms with Gasteiger partial charge in [-0.1, -0.05) is 41.9 Å². The van der Waals surface area contributed by atoms with Gasteiger partial charge in [-0.15, -0.1) is 0 Å². The number of halogens is 2. The fraction of sp³-hybridized carbons (Fsp3) is 0.0909. The molecule has 2 N–H and O–H groups in total. The highest BCUT2D eigenvalue weighted by Crippen LogP contribution is 2.25. The summed E-state index contributed by atoms with van der Waals surface area (Å²) in [6.07, 6.45) is 0. The third-order valence-electron chi connectivity index (χ3n) is 4.70. The summed E-state index contributed by atoms with van der Waals surface area (Å²) in [7, 11) is -2.03. The first kappa shape index (κ1) is 21.8. The van der Waals surface area contributed by atoms with Crippen LogP contribution in [0.5, 0.6) is 0 Å². The van der Waals surface area contributed by atoms with E-state index in [1.54, 1.807) is 49.5 Å². The molecule has 0 radical (unpaired) electrons. The fourth-order valence-electron chi connectivity index (χ4n) is 3.31. The number of carbonyl (C=O) groups is 1. The van der Waals surface area contributed by atoms with Gasteiger partial charge in [-0.25, -0.2) is 12.8 Å². The number of sulfonamides is 1. The molecule has 0 saturated heterocycles. The zero-order valence-electron chi connectivity index (χ0n) is 16.8. The number of aromatic nitrogens is 2. The normalized spacial score (nSPS) is 11.5. The molecule has 0 bridgehead atoms. The Morgan fingerprint density at radius 1 is 1.06 bits per heavy atom. The second-order valence-corrected chi connectivity index (χ2v) is 9.26. The molecule has 4 aromatic rings. The monoisotopic (exact) mass is 472 g/mol. The summed E-state index contributed by atoms with van der Waals surface area (Å²) in [5.74, 6) is -1.21. The number of nitrogens with zero attached hydrogens (tertiary/aromatic N) is 2. The van der Waals surface area contributed by atoms with Crippen molar-refractivity contribution in [3.8, 4) is 0 Å². The summed E-state index contributed by atoms with van der Waals surface area (Å²) in [5.41, 5.74) is 2.04. The van der Waals surface area contributed by atoms with E-state index in [1.807, 2.05) is 6.07 Å². The third kappa shape index (κ3) is 4.74. The van der Waals surface area contributed by atoms with Gasteiger partial charge in [0.05, 0.1) is 22.0 Å². The van der Waals surface area contributed by atoms with E-state index in [0.717, 1.165) is 6.07 Å². The van der Waals surface area contributed by atoms with Crippen LogP contribution in [0.2, 0.25) is 5.02 Å². The Hall–Kier alpha value is -3.43. The van der Waals surface area contributed by atoms with E-state index in [-0.39, 0.29) is 16.5 Å². The van der Waals surface area contributed by atoms with E-state index in [1.165, 1.54) is 16.8 Å². The molecule has 164 valence electrons. The van der Waals surface area contributed by atoms with Crippen molar-refractivity contribution >= 4 is 49.8 Å². The molecule has 0 aliphatic heterocycles. The summed E-state index contributed by atoms with van der Waals surface area (Å²) in [5, 5.41) is 7.41. The van der Waals surface area contributed by atoms with E-state index in [4.69, 9.17) is 11.6 Å². The minimum absolute atomic E-state index is 0.106. The molecule has 1 amide bonds. The van der Waals surface area contributed by atoms with Crippen LogP contribution in [0.15, 0.2) is 66.7 Å². The highest BCUT2D eigenvalue weighted by atomic mass is 35.5. The van der Waals surface area contributed by atoms with E-state index in [0.29, 0.717) is 27.8 Å². The maximum absolute atomic E-state index is 13.4. The van der Waals surface area contributed by atoms with Gasteiger partial charge < -0.3 is 5.32 Å². The summed E-state index contributed by atoms with van der Waals surface area (Å²) in [6, 6.07) is 17.5. The number of fused-ring (bicyclic) bond motifs is 1. The lowest BCUT2D eigenvalue weighted by Crippen LogP contribution is -2.16. The molecular weight excluding hydrogens is 455 g/mol. The first-order chi connectivity index (χ1) is 15.2. The molecule has 1 heterocycles. The lowest BCUT2D eigenvalue weighted by molar-refractivity contribution is 0.101. The van der Waals surface area contributed by atoms with Crippen molar-refractivity contribution < 1.29 is 17.6 Å². The molecule has 0 saturated carbocycles. The number of hydrogen-bond acceptors (Lipinski definition) is 4. The second-order valence-electron chi connectivity index (χ2n) is 7.13. The van der Waals surface area contributed by atoms with Crippen molar-refractivity contribution in [1.29, 1.82) is 0 Å². The molecule has 0 aliphatic rings. The maximum Gasteiger partial charge on any atom is 0.274 e. The predicted molar refractivity (Wildman–Crippen MR) is 123 cm³/mol. The minimum Gasteiger partial charge on any atom is -0.321 e. The molecule has 3 aromatic carbocycles. The molecule has 1 aromatic heterocycles. The Bertz CT molecular complexity index is 1420. The van der Waals surface area contributed by atoms with Gasteiger partial charge in [-0.2, -0.15) is 5.10 Å². The van der Waals surface area contributed by atoms with Crippen molar-refractivity contribution in [3.05, 3.63) is 88.8 Å². The zero-order chi connectivity index (χ0) is 22.9. The number of aryl methyl sites for hydroxylation is 1. The van der Waals surface area contributed by atoms with Crippen molar-refractivity contribution in [2.75, 3.05) is 10.0 Å². The van der Waals surface area contributed by atoms with E-state index < -0.39 is 21.7 Å². The van der Waals surface area contributed by atoms with Gasteiger partial charge in [0.2, 0.25) is 10.0 Å². The van der Waals surface area contributed by atoms with Crippen LogP contribution in [-0.2, 0) is 22.8 Å². The third-order valence-corrected chi connectivity index (χ3v) is 6.25. The van der Waals surface area contributed by atoms with E-state index >= 15 is 0 Å². The van der Waals surface area contributed by atoms with Crippen LogP contribution in [0.4, 0.5) is 15.8 Å². The van der Waals surface area contributed by atoms with Gasteiger partial charge in [0.25, 0.3) is 5.91 Å². The van der Waals surface area contributed by atoms with Gasteiger partial charge in [0.1, 0.15) is 11.5 Å². The number of rotatable bonds is 6. The number of hydrogen-bond donors (Lipinski definition) is 2. The Kier molecular flexibility index (Phi) is 5.86. The Balaban J connectivity index is 1.57. The quantitative estimate of drug-likeness (QED) is 0.430. The van der Waals surface area contributed by atoms with Gasteiger partial charge in [-0.3, -0.25) is 14.2 Å². The first-order valence-electron chi connectivity index (χ1n) is 9.49. The topological polar surface area (TPSA) is 93.1 Å². The predicted octanol–water partition coefficient (Wildman–Crippen LogP) is 4.56. The average Bonchev–Trinajstić information content (AvgIpc) is 3.05. The number of benzene rings is 3. The SMILES string of the molecule is Cn1nc2cc(NS(=O)(=O)Cc3ccccc3)ccc2c1C(=O)Nc1ccc(F)c(Cl)c1. The molecule has 0 aliphatic carbocycles. The van der Waals surface area contributed by atoms with Crippen LogP contribution < -0.4 is 10.0 Å². The van der Waals surface area contributed by atoms with Gasteiger partial charge in [-0.05, 0) is 42.0 Å². The minimum atomic E-state index is -3.63. The molecule has 7 nitrogen and oxygen atoms in total. The lowest BCUT2D eigenvalue weighted by atomic mass is 10.2. The highest BCUT2D eigenvalue weighted by molar-refractivity contribution is 7.91. The van der Waals surface area contributed by atoms with Crippen LogP contribution in [0.3, 0.4) is 0 Å². The Labute approximate surface area is 188 Å². The number of anilines is 2. The molecule has 4 rings (SSSR count). The molecule has 0 atom stereocenters. The van der Waals surface area contributed by atoms with Crippen molar-refractivity contribution in [1.82, 2.24) is 9.78 Å². The standard InChI is InChI=1S/C22H18ClFN4O3S/c1-28-21(22(29)25-15-8-10-19(24)18(23)11-15)17-9-7-16(12-20(17)26-28)27-32(30,31)13-14-5-3-2-4-6-14/h2-12,27H,13H2,1H3,(H,25,29). The second kappa shape index (κ2) is 8.60. The molecule has 32 heavy (non-hydrogen) atoms. The summed E-state index contributed by atoms with van der Waals surface area (Å²) < 4.78 is 42.3. The summed E-state index contributed by atoms with van der Waals surface area (Å²) >= 11 is 5.77. The van der Waals surface area contributed by atoms with Gasteiger partial charge in [0, 0.05) is 18.1 Å². The van der Waals surface area contributed by atoms with Crippen LogP contribution >= 0.6 is 11.6 Å². The van der Waals surface area contributed by atoms with E-state index in [9.17, 15) is 17.6 Å². The van der Waals surface area contributed by atoms with Crippen molar-refractivity contribution in [3.63, 3.8) is 0 Å². The largest absolute Gasteiger partial charge is 0.321 e. The number of amides is 1. The molecule has 0 unspecified atom stereocenters. The van der Waals surface area contributed by atoms with Crippen molar-refractivity contribution in [2.45, 2.75) is 5.75 Å². The molecule has 10 heteroatoms. The molecular formula is C22H18ClFN4O3S. The first-order valence-corrected chi connectivity index (χ1v) is 11.5. The van der Waals surface area contributed by atoms with Crippen LogP contribution in [-0.4, -0.2) is 24.1 Å². The number of nitrogens with one attached hydrogen (secondary N) is 2. The Morgan fingerprint density at radius 3 is 2.50 bits per heavy atom. The molecule has 0 fully saturated rings. The van der Waals surface area contributed by atoms with Gasteiger partial charge >= 0.3 is 0 Å². The fourth-order valence-corrected chi connectivity index (χ4v) is 4.68. The Morgan fingerprint density at radius 2 is 1.78 bits per heavy atom. The smallest absolute Gasteiger partial charge is 0.274 e. The van der Waals surface area contributed by atoms with Crippen LogP contribution in [0, 0.1) is 5.82 Å². The van der Waals surface area contributed by atoms with Gasteiger partial charge in [0.15, 0.2) is 0 Å². The zero-order valence-corrected chi connectivity index (χ0v) is 18.4. The van der Waals surface area contributed by atoms with Crippen LogP contribution in [0.25, 0.3) is 10.9 Å². The summed E-state index contributed by atoms with van der Waals surface area (Å²) in [4.78, 5) is 12.8. The van der Waals surface area contributed by atoms with E-state index in [2.05, 4.69) is 15.1 Å². The van der Waals surface area contributed by atoms with Crippen molar-refractivity contribution in [2.24, 2.45) is 7.05 Å². The summed E-state index contributed by atoms with van der Waals surface area (Å²) in [6.45, 7) is 0.